The third-order valence-corrected chi connectivity index (χ3v) is 3.50. The van der Waals surface area contributed by atoms with Crippen molar-refractivity contribution in [3.63, 3.8) is 0 Å². The summed E-state index contributed by atoms with van der Waals surface area (Å²) in [5, 5.41) is 3.35. The molecular formula is C15H24FNS. The van der Waals surface area contributed by atoms with Crippen LogP contribution in [0.5, 0.6) is 0 Å². The molecule has 3 heteroatoms. The average Bonchev–Trinajstić information content (AvgIpc) is 2.12. The molecule has 1 aromatic carbocycles. The molecule has 0 bridgehead atoms. The summed E-state index contributed by atoms with van der Waals surface area (Å²) < 4.78 is 14.0. The van der Waals surface area contributed by atoms with Gasteiger partial charge in [0.25, 0.3) is 0 Å². The molecule has 0 aromatic heterocycles. The summed E-state index contributed by atoms with van der Waals surface area (Å²) in [7, 11) is 0. The van der Waals surface area contributed by atoms with Gasteiger partial charge in [0.15, 0.2) is 0 Å². The highest BCUT2D eigenvalue weighted by molar-refractivity contribution is 8.00. The van der Waals surface area contributed by atoms with E-state index in [9.17, 15) is 4.39 Å². The van der Waals surface area contributed by atoms with Crippen LogP contribution in [-0.4, -0.2) is 10.3 Å². The summed E-state index contributed by atoms with van der Waals surface area (Å²) in [6.45, 7) is 13.3. The number of hydrogen-bond acceptors (Lipinski definition) is 2. The Morgan fingerprint density at radius 2 is 1.72 bits per heavy atom. The first-order chi connectivity index (χ1) is 8.08. The van der Waals surface area contributed by atoms with E-state index >= 15 is 0 Å². The van der Waals surface area contributed by atoms with Gasteiger partial charge in [0, 0.05) is 27.3 Å². The van der Waals surface area contributed by atoms with E-state index in [-0.39, 0.29) is 16.1 Å². The third kappa shape index (κ3) is 5.40. The fourth-order valence-corrected chi connectivity index (χ4v) is 2.59. The van der Waals surface area contributed by atoms with E-state index in [2.05, 4.69) is 46.9 Å². The lowest BCUT2D eigenvalue weighted by atomic mass is 10.1. The van der Waals surface area contributed by atoms with Gasteiger partial charge in [-0.05, 0) is 32.9 Å². The van der Waals surface area contributed by atoms with Crippen LogP contribution >= 0.6 is 11.8 Å². The Bertz CT molecular complexity index is 402. The van der Waals surface area contributed by atoms with Gasteiger partial charge >= 0.3 is 0 Å². The van der Waals surface area contributed by atoms with Crippen molar-refractivity contribution < 1.29 is 4.39 Å². The van der Waals surface area contributed by atoms with E-state index in [0.717, 1.165) is 10.5 Å². The van der Waals surface area contributed by atoms with Crippen LogP contribution in [0.1, 0.15) is 47.1 Å². The van der Waals surface area contributed by atoms with Crippen molar-refractivity contribution in [1.82, 2.24) is 5.32 Å². The van der Waals surface area contributed by atoms with Gasteiger partial charge < -0.3 is 5.32 Å². The monoisotopic (exact) mass is 269 g/mol. The Balaban J connectivity index is 2.94. The second kappa shape index (κ2) is 5.62. The highest BCUT2D eigenvalue weighted by Gasteiger charge is 2.18. The first-order valence-electron chi connectivity index (χ1n) is 6.30. The zero-order valence-electron chi connectivity index (χ0n) is 12.2. The lowest BCUT2D eigenvalue weighted by molar-refractivity contribution is 0.416. The van der Waals surface area contributed by atoms with Gasteiger partial charge in [0.2, 0.25) is 0 Å². The van der Waals surface area contributed by atoms with Gasteiger partial charge in [-0.2, -0.15) is 0 Å². The van der Waals surface area contributed by atoms with Crippen LogP contribution in [-0.2, 0) is 6.54 Å². The molecule has 0 radical (unpaired) electrons. The van der Waals surface area contributed by atoms with E-state index in [1.165, 1.54) is 6.07 Å². The molecular weight excluding hydrogens is 245 g/mol. The molecule has 0 amide bonds. The van der Waals surface area contributed by atoms with Crippen LogP contribution in [0.3, 0.4) is 0 Å². The summed E-state index contributed by atoms with van der Waals surface area (Å²) >= 11 is 1.71. The van der Waals surface area contributed by atoms with E-state index in [0.29, 0.717) is 6.54 Å². The fourth-order valence-electron chi connectivity index (χ4n) is 1.49. The minimum atomic E-state index is -0.124. The Morgan fingerprint density at radius 1 is 1.11 bits per heavy atom. The predicted molar refractivity (Wildman–Crippen MR) is 78.6 cm³/mol. The molecule has 1 N–H and O–H groups in total. The fraction of sp³-hybridized carbons (Fsp3) is 0.600. The third-order valence-electron chi connectivity index (χ3n) is 2.29. The summed E-state index contributed by atoms with van der Waals surface area (Å²) in [6.07, 6.45) is 0. The van der Waals surface area contributed by atoms with Crippen molar-refractivity contribution in [3.8, 4) is 0 Å². The summed E-state index contributed by atoms with van der Waals surface area (Å²) in [5.74, 6) is -0.124. The number of halogens is 1. The molecule has 0 atom stereocenters. The molecule has 0 heterocycles. The maximum absolute atomic E-state index is 13.9. The van der Waals surface area contributed by atoms with Gasteiger partial charge in [-0.25, -0.2) is 4.39 Å². The predicted octanol–water partition coefficient (Wildman–Crippen LogP) is 4.60. The SMILES string of the molecule is CC(C)(C)NCc1c(F)cccc1SC(C)(C)C. The highest BCUT2D eigenvalue weighted by Crippen LogP contribution is 2.35. The van der Waals surface area contributed by atoms with Gasteiger partial charge in [-0.1, -0.05) is 26.8 Å². The van der Waals surface area contributed by atoms with Crippen LogP contribution < -0.4 is 5.32 Å². The van der Waals surface area contributed by atoms with Crippen LogP contribution in [0.15, 0.2) is 23.1 Å². The minimum absolute atomic E-state index is 0.00799. The van der Waals surface area contributed by atoms with E-state index in [4.69, 9.17) is 0 Å². The average molecular weight is 269 g/mol. The molecule has 102 valence electrons. The second-order valence-corrected chi connectivity index (χ2v) is 8.40. The molecule has 0 unspecified atom stereocenters. The normalized spacial score (nSPS) is 12.8. The maximum atomic E-state index is 13.9. The molecule has 0 saturated heterocycles. The number of rotatable bonds is 3. The maximum Gasteiger partial charge on any atom is 0.128 e. The molecule has 1 nitrogen and oxygen atoms in total. The Kier molecular flexibility index (Phi) is 4.84. The Morgan fingerprint density at radius 3 is 2.22 bits per heavy atom. The van der Waals surface area contributed by atoms with Crippen LogP contribution in [0.4, 0.5) is 4.39 Å². The van der Waals surface area contributed by atoms with Crippen LogP contribution in [0.25, 0.3) is 0 Å². The minimum Gasteiger partial charge on any atom is -0.308 e. The second-order valence-electron chi connectivity index (χ2n) is 6.53. The van der Waals surface area contributed by atoms with E-state index < -0.39 is 0 Å². The van der Waals surface area contributed by atoms with Gasteiger partial charge in [0.1, 0.15) is 5.82 Å². The molecule has 0 spiro atoms. The summed E-state index contributed by atoms with van der Waals surface area (Å²) in [6, 6.07) is 5.31. The molecule has 0 saturated carbocycles. The Labute approximate surface area is 115 Å². The first-order valence-corrected chi connectivity index (χ1v) is 7.11. The first kappa shape index (κ1) is 15.5. The topological polar surface area (TPSA) is 12.0 Å². The largest absolute Gasteiger partial charge is 0.308 e. The van der Waals surface area contributed by atoms with E-state index in [1.54, 1.807) is 17.8 Å². The zero-order valence-corrected chi connectivity index (χ0v) is 13.0. The van der Waals surface area contributed by atoms with Crippen molar-refractivity contribution in [2.45, 2.75) is 63.3 Å². The molecule has 0 aliphatic heterocycles. The van der Waals surface area contributed by atoms with Crippen molar-refractivity contribution in [2.75, 3.05) is 0 Å². The Hall–Kier alpha value is -0.540. The van der Waals surface area contributed by atoms with E-state index in [1.807, 2.05) is 6.07 Å². The number of thioether (sulfide) groups is 1. The molecule has 0 fully saturated rings. The molecule has 1 rings (SSSR count). The smallest absolute Gasteiger partial charge is 0.128 e. The van der Waals surface area contributed by atoms with Crippen LogP contribution in [0.2, 0.25) is 0 Å². The van der Waals surface area contributed by atoms with Gasteiger partial charge in [-0.3, -0.25) is 0 Å². The number of benzene rings is 1. The number of nitrogens with one attached hydrogen (secondary N) is 1. The van der Waals surface area contributed by atoms with Crippen LogP contribution in [0, 0.1) is 5.82 Å². The van der Waals surface area contributed by atoms with Crippen molar-refractivity contribution in [1.29, 1.82) is 0 Å². The molecule has 1 aromatic rings. The lowest BCUT2D eigenvalue weighted by Gasteiger charge is -2.24. The summed E-state index contributed by atoms with van der Waals surface area (Å²) in [5.41, 5.74) is 0.763. The van der Waals surface area contributed by atoms with Gasteiger partial charge in [-0.15, -0.1) is 11.8 Å². The highest BCUT2D eigenvalue weighted by atomic mass is 32.2. The molecule has 18 heavy (non-hydrogen) atoms. The quantitative estimate of drug-likeness (QED) is 0.805. The number of hydrogen-bond donors (Lipinski definition) is 1. The van der Waals surface area contributed by atoms with Crippen molar-refractivity contribution in [2.24, 2.45) is 0 Å². The standard InChI is InChI=1S/C15H24FNS/c1-14(2,3)17-10-11-12(16)8-7-9-13(11)18-15(4,5)6/h7-9,17H,10H2,1-6H3. The summed E-state index contributed by atoms with van der Waals surface area (Å²) in [4.78, 5) is 1.03. The lowest BCUT2D eigenvalue weighted by Crippen LogP contribution is -2.35. The molecule has 0 aliphatic rings. The zero-order chi connectivity index (χ0) is 14.0. The molecule has 0 aliphatic carbocycles. The van der Waals surface area contributed by atoms with Gasteiger partial charge in [0.05, 0.1) is 0 Å². The van der Waals surface area contributed by atoms with Crippen molar-refractivity contribution >= 4 is 11.8 Å². The van der Waals surface area contributed by atoms with Crippen molar-refractivity contribution in [3.05, 3.63) is 29.6 Å².